The maximum absolute atomic E-state index is 12.6. The van der Waals surface area contributed by atoms with E-state index in [0.29, 0.717) is 65.6 Å². The van der Waals surface area contributed by atoms with Crippen molar-refractivity contribution in [1.29, 1.82) is 0 Å². The van der Waals surface area contributed by atoms with Crippen LogP contribution in [0.5, 0.6) is 0 Å². The van der Waals surface area contributed by atoms with Crippen molar-refractivity contribution in [2.75, 3.05) is 66.0 Å². The number of carbonyl (C=O) groups excluding carboxylic acids is 5. The summed E-state index contributed by atoms with van der Waals surface area (Å²) in [4.78, 5) is 60.9. The minimum absolute atomic E-state index is 0.0477. The summed E-state index contributed by atoms with van der Waals surface area (Å²) < 4.78 is 27.6. The lowest BCUT2D eigenvalue weighted by molar-refractivity contribution is -0.144. The molecule has 2 aromatic carbocycles. The lowest BCUT2D eigenvalue weighted by Crippen LogP contribution is -2.43. The van der Waals surface area contributed by atoms with E-state index in [1.54, 1.807) is 6.92 Å². The van der Waals surface area contributed by atoms with Crippen LogP contribution in [0.1, 0.15) is 68.9 Å². The average Bonchev–Trinajstić information content (AvgIpc) is 3.44. The molecule has 2 aromatic rings. The Kier molecular flexibility index (Phi) is 19.1. The Morgan fingerprint density at radius 1 is 0.706 bits per heavy atom. The molecule has 13 nitrogen and oxygen atoms in total. The van der Waals surface area contributed by atoms with Crippen molar-refractivity contribution in [1.82, 2.24) is 5.32 Å². The number of primary amides is 1. The van der Waals surface area contributed by atoms with Gasteiger partial charge in [-0.3, -0.25) is 24.0 Å². The summed E-state index contributed by atoms with van der Waals surface area (Å²) in [5.41, 5.74) is 15.5. The number of Topliss-reactive ketones (excluding diaryl/α,β-unsaturated/α-hetero) is 2. The topological polar surface area (TPSA) is 196 Å². The first-order valence-corrected chi connectivity index (χ1v) is 17.7. The first kappa shape index (κ1) is 41.4. The fourth-order valence-corrected chi connectivity index (χ4v) is 5.74. The molecule has 5 N–H and O–H groups in total. The van der Waals surface area contributed by atoms with E-state index in [9.17, 15) is 24.0 Å². The summed E-state index contributed by atoms with van der Waals surface area (Å²) in [6, 6.07) is 15.7. The fraction of sp³-hybridized carbons (Fsp3) is 0.553. The zero-order valence-corrected chi connectivity index (χ0v) is 29.6. The molecule has 3 rings (SSSR count). The van der Waals surface area contributed by atoms with E-state index >= 15 is 0 Å². The molecule has 0 saturated heterocycles. The summed E-state index contributed by atoms with van der Waals surface area (Å²) in [5.74, 6) is -2.85. The van der Waals surface area contributed by atoms with Crippen LogP contribution in [0.15, 0.2) is 48.5 Å². The molecule has 280 valence electrons. The molecule has 0 spiro atoms. The molecule has 0 radical (unpaired) electrons. The van der Waals surface area contributed by atoms with Crippen LogP contribution in [0.4, 0.5) is 0 Å². The number of ether oxygens (including phenoxy) is 5. The zero-order chi connectivity index (χ0) is 36.8. The molecule has 51 heavy (non-hydrogen) atoms. The number of rotatable bonds is 28. The number of nitrogens with one attached hydrogen (secondary N) is 1. The Balaban J connectivity index is 1.13. The highest BCUT2D eigenvalue weighted by molar-refractivity contribution is 5.93. The second-order valence-corrected chi connectivity index (χ2v) is 12.4. The van der Waals surface area contributed by atoms with Crippen LogP contribution in [-0.2, 0) is 47.7 Å². The lowest BCUT2D eigenvalue weighted by atomic mass is 9.95. The van der Waals surface area contributed by atoms with E-state index in [2.05, 4.69) is 29.6 Å². The number of esters is 1. The van der Waals surface area contributed by atoms with Crippen molar-refractivity contribution in [2.45, 2.75) is 63.8 Å². The van der Waals surface area contributed by atoms with E-state index in [0.717, 1.165) is 0 Å². The van der Waals surface area contributed by atoms with Gasteiger partial charge in [-0.2, -0.15) is 0 Å². The van der Waals surface area contributed by atoms with Crippen LogP contribution in [0.3, 0.4) is 0 Å². The highest BCUT2D eigenvalue weighted by Gasteiger charge is 2.29. The van der Waals surface area contributed by atoms with E-state index in [-0.39, 0.29) is 68.8 Å². The van der Waals surface area contributed by atoms with Crippen LogP contribution in [0.25, 0.3) is 11.1 Å². The minimum atomic E-state index is -0.956. The number of fused-ring (bicyclic) bond motifs is 3. The second kappa shape index (κ2) is 23.5. The van der Waals surface area contributed by atoms with Crippen molar-refractivity contribution in [3.8, 4) is 11.1 Å². The molecule has 0 heterocycles. The molecule has 0 saturated carbocycles. The molecule has 1 aliphatic rings. The molecule has 0 unspecified atom stereocenters. The summed E-state index contributed by atoms with van der Waals surface area (Å²) in [6.45, 7) is 4.92. The summed E-state index contributed by atoms with van der Waals surface area (Å²) in [5, 5.41) is 2.57. The van der Waals surface area contributed by atoms with Gasteiger partial charge in [0.15, 0.2) is 5.78 Å². The number of benzene rings is 2. The Hall–Kier alpha value is -4.01. The second-order valence-electron chi connectivity index (χ2n) is 12.4. The first-order valence-electron chi connectivity index (χ1n) is 17.7. The lowest BCUT2D eigenvalue weighted by Gasteiger charge is -2.18. The van der Waals surface area contributed by atoms with Gasteiger partial charge in [0, 0.05) is 44.6 Å². The van der Waals surface area contributed by atoms with Gasteiger partial charge in [-0.05, 0) is 48.6 Å². The Morgan fingerprint density at radius 3 is 1.82 bits per heavy atom. The van der Waals surface area contributed by atoms with Gasteiger partial charge in [0.2, 0.25) is 11.8 Å². The molecular weight excluding hydrogens is 658 g/mol. The maximum Gasteiger partial charge on any atom is 0.305 e. The molecule has 0 aromatic heterocycles. The van der Waals surface area contributed by atoms with E-state index in [4.69, 9.17) is 35.2 Å². The summed E-state index contributed by atoms with van der Waals surface area (Å²) in [6.07, 6.45) is 1.16. The predicted octanol–water partition coefficient (Wildman–Crippen LogP) is 2.84. The van der Waals surface area contributed by atoms with Crippen molar-refractivity contribution in [2.24, 2.45) is 17.4 Å². The highest BCUT2D eigenvalue weighted by Crippen LogP contribution is 2.44. The molecule has 1 aliphatic carbocycles. The maximum atomic E-state index is 12.6. The Bertz CT molecular complexity index is 1370. The SMILES string of the molecule is C[C@H](NC(=O)[C@H](CC(N)=O)CC(=O)CCOCCOCCOCCOCCCC(=O)OCC1c2ccccc2-c2ccccc21)C(=O)CCCN. The van der Waals surface area contributed by atoms with Gasteiger partial charge >= 0.3 is 5.97 Å². The van der Waals surface area contributed by atoms with Gasteiger partial charge in [0.1, 0.15) is 12.4 Å². The van der Waals surface area contributed by atoms with Crippen LogP contribution < -0.4 is 16.8 Å². The van der Waals surface area contributed by atoms with Gasteiger partial charge in [-0.25, -0.2) is 0 Å². The number of hydrogen-bond acceptors (Lipinski definition) is 11. The first-order chi connectivity index (χ1) is 24.7. The summed E-state index contributed by atoms with van der Waals surface area (Å²) in [7, 11) is 0. The van der Waals surface area contributed by atoms with Crippen LogP contribution >= 0.6 is 0 Å². The van der Waals surface area contributed by atoms with E-state index in [1.807, 2.05) is 24.3 Å². The van der Waals surface area contributed by atoms with Gasteiger partial charge in [-0.1, -0.05) is 48.5 Å². The molecular formula is C38H53N3O10. The fourth-order valence-electron chi connectivity index (χ4n) is 5.74. The average molecular weight is 712 g/mol. The molecule has 2 amide bonds. The Morgan fingerprint density at radius 2 is 1.25 bits per heavy atom. The predicted molar refractivity (Wildman–Crippen MR) is 190 cm³/mol. The molecule has 0 aliphatic heterocycles. The largest absolute Gasteiger partial charge is 0.465 e. The monoisotopic (exact) mass is 711 g/mol. The van der Waals surface area contributed by atoms with Crippen molar-refractivity contribution in [3.05, 3.63) is 59.7 Å². The third-order valence-corrected chi connectivity index (χ3v) is 8.45. The molecule has 2 atom stereocenters. The number of nitrogens with two attached hydrogens (primary N) is 2. The van der Waals surface area contributed by atoms with Crippen molar-refractivity contribution >= 4 is 29.4 Å². The number of carbonyl (C=O) groups is 5. The van der Waals surface area contributed by atoms with Crippen LogP contribution in [0.2, 0.25) is 0 Å². The van der Waals surface area contributed by atoms with Gasteiger partial charge < -0.3 is 40.5 Å². The molecule has 13 heteroatoms. The van der Waals surface area contributed by atoms with Gasteiger partial charge in [0.25, 0.3) is 0 Å². The highest BCUT2D eigenvalue weighted by atomic mass is 16.6. The van der Waals surface area contributed by atoms with Crippen molar-refractivity contribution in [3.63, 3.8) is 0 Å². The van der Waals surface area contributed by atoms with Crippen LogP contribution in [-0.4, -0.2) is 101 Å². The summed E-state index contributed by atoms with van der Waals surface area (Å²) >= 11 is 0. The number of hydrogen-bond donors (Lipinski definition) is 3. The Labute approximate surface area is 300 Å². The van der Waals surface area contributed by atoms with Gasteiger partial charge in [-0.15, -0.1) is 0 Å². The standard InChI is InChI=1S/C38H53N3O10/c1-27(35(43)12-6-15-39)41-38(46)28(25-36(40)44)24-29(42)14-17-48-19-21-50-23-22-49-20-18-47-16-7-13-37(45)51-26-34-32-10-4-2-8-30(32)31-9-3-5-11-33(31)34/h2-5,8-11,27-28,34H,6-7,12-26,39H2,1H3,(H2,40,44)(H,41,46)/t27-,28-/m0/s1. The van der Waals surface area contributed by atoms with Gasteiger partial charge in [0.05, 0.1) is 58.2 Å². The van der Waals surface area contributed by atoms with Crippen LogP contribution in [0, 0.1) is 5.92 Å². The van der Waals surface area contributed by atoms with E-state index < -0.39 is 23.8 Å². The smallest absolute Gasteiger partial charge is 0.305 e. The number of amides is 2. The molecule has 0 bridgehead atoms. The van der Waals surface area contributed by atoms with E-state index in [1.165, 1.54) is 22.3 Å². The number of ketones is 2. The zero-order valence-electron chi connectivity index (χ0n) is 29.6. The van der Waals surface area contributed by atoms with Crippen molar-refractivity contribution < 1.29 is 47.7 Å². The minimum Gasteiger partial charge on any atom is -0.465 e. The third-order valence-electron chi connectivity index (χ3n) is 8.45. The normalized spacial score (nSPS) is 13.2. The quantitative estimate of drug-likeness (QED) is 0.0868. The molecule has 0 fully saturated rings. The third kappa shape index (κ3) is 15.0.